The van der Waals surface area contributed by atoms with E-state index < -0.39 is 5.60 Å². The highest BCUT2D eigenvalue weighted by Gasteiger charge is 2.30. The first-order valence-electron chi connectivity index (χ1n) is 8.38. The number of amides is 1. The maximum atomic E-state index is 12.3. The van der Waals surface area contributed by atoms with Crippen molar-refractivity contribution in [3.8, 4) is 0 Å². The quantitative estimate of drug-likeness (QED) is 0.897. The first kappa shape index (κ1) is 18.9. The molecule has 1 aromatic rings. The lowest BCUT2D eigenvalue weighted by Crippen LogP contribution is -2.54. The fourth-order valence-electron chi connectivity index (χ4n) is 2.84. The number of rotatable bonds is 3. The minimum absolute atomic E-state index is 0.115. The number of piperazine rings is 1. The number of nitrogens with zero attached hydrogens (tertiary/aromatic N) is 2. The number of ether oxygens (including phenoxy) is 1. The van der Waals surface area contributed by atoms with Crippen molar-refractivity contribution >= 4 is 23.4 Å². The molecule has 1 aliphatic heterocycles. The zero-order valence-corrected chi connectivity index (χ0v) is 16.0. The fourth-order valence-corrected chi connectivity index (χ4v) is 3.08. The number of anilines is 1. The number of benzene rings is 1. The zero-order valence-electron chi connectivity index (χ0n) is 15.2. The maximum Gasteiger partial charge on any atom is 0.410 e. The predicted molar refractivity (Wildman–Crippen MR) is 98.7 cm³/mol. The molecule has 0 aromatic heterocycles. The number of hydrogen-bond acceptors (Lipinski definition) is 4. The van der Waals surface area contributed by atoms with Gasteiger partial charge in [-0.05, 0) is 45.4 Å². The predicted octanol–water partition coefficient (Wildman–Crippen LogP) is 3.82. The van der Waals surface area contributed by atoms with Gasteiger partial charge in [-0.1, -0.05) is 17.7 Å². The molecule has 2 rings (SSSR count). The van der Waals surface area contributed by atoms with Crippen molar-refractivity contribution in [3.05, 3.63) is 28.8 Å². The van der Waals surface area contributed by atoms with Crippen LogP contribution in [0.3, 0.4) is 0 Å². The summed E-state index contributed by atoms with van der Waals surface area (Å²) in [7, 11) is 1.88. The molecule has 1 heterocycles. The second kappa shape index (κ2) is 7.62. The van der Waals surface area contributed by atoms with Gasteiger partial charge in [0.05, 0.1) is 0 Å². The minimum atomic E-state index is -0.462. The molecule has 0 unspecified atom stereocenters. The highest BCUT2D eigenvalue weighted by Crippen LogP contribution is 2.23. The molecule has 0 saturated carbocycles. The Hall–Kier alpha value is -1.46. The Bertz CT molecular complexity index is 586. The molecule has 1 fully saturated rings. The third-order valence-electron chi connectivity index (χ3n) is 4.08. The molecule has 5 nitrogen and oxygen atoms in total. The SMILES string of the molecule is CNc1ccc(CN2CCN(C(=O)OC(C)(C)C)[C@@H](C)C2)c(Cl)c1. The number of hydrogen-bond donors (Lipinski definition) is 1. The van der Waals surface area contributed by atoms with Crippen LogP contribution in [0.1, 0.15) is 33.3 Å². The zero-order chi connectivity index (χ0) is 17.9. The van der Waals surface area contributed by atoms with Gasteiger partial charge in [0.25, 0.3) is 0 Å². The van der Waals surface area contributed by atoms with Crippen molar-refractivity contribution in [2.24, 2.45) is 0 Å². The van der Waals surface area contributed by atoms with Crippen molar-refractivity contribution in [3.63, 3.8) is 0 Å². The summed E-state index contributed by atoms with van der Waals surface area (Å²) in [5.74, 6) is 0. The Labute approximate surface area is 149 Å². The van der Waals surface area contributed by atoms with E-state index in [-0.39, 0.29) is 12.1 Å². The molecule has 6 heteroatoms. The molecule has 0 aliphatic carbocycles. The normalized spacial score (nSPS) is 19.2. The van der Waals surface area contributed by atoms with Gasteiger partial charge in [-0.3, -0.25) is 4.90 Å². The summed E-state index contributed by atoms with van der Waals surface area (Å²) in [5.41, 5.74) is 1.65. The molecule has 134 valence electrons. The summed E-state index contributed by atoms with van der Waals surface area (Å²) < 4.78 is 5.49. The largest absolute Gasteiger partial charge is 0.444 e. The monoisotopic (exact) mass is 353 g/mol. The topological polar surface area (TPSA) is 44.8 Å². The Morgan fingerprint density at radius 1 is 1.38 bits per heavy atom. The fraction of sp³-hybridized carbons (Fsp3) is 0.611. The molecule has 0 radical (unpaired) electrons. The molecular weight excluding hydrogens is 326 g/mol. The van der Waals surface area contributed by atoms with Gasteiger partial charge >= 0.3 is 6.09 Å². The number of nitrogens with one attached hydrogen (secondary N) is 1. The maximum absolute atomic E-state index is 12.3. The third kappa shape index (κ3) is 5.02. The molecule has 1 aromatic carbocycles. The average molecular weight is 354 g/mol. The lowest BCUT2D eigenvalue weighted by Gasteiger charge is -2.40. The smallest absolute Gasteiger partial charge is 0.410 e. The summed E-state index contributed by atoms with van der Waals surface area (Å²) in [6, 6.07) is 6.14. The second-order valence-corrected chi connectivity index (χ2v) is 7.72. The van der Waals surface area contributed by atoms with E-state index in [9.17, 15) is 4.79 Å². The van der Waals surface area contributed by atoms with E-state index in [2.05, 4.69) is 23.2 Å². The van der Waals surface area contributed by atoms with Crippen LogP contribution in [-0.2, 0) is 11.3 Å². The van der Waals surface area contributed by atoms with E-state index in [1.54, 1.807) is 0 Å². The molecule has 1 atom stereocenters. The van der Waals surface area contributed by atoms with Gasteiger partial charge in [-0.2, -0.15) is 0 Å². The standard InChI is InChI=1S/C18H28ClN3O2/c1-13-11-21(8-9-22(13)17(23)24-18(2,3)4)12-14-6-7-15(20-5)10-16(14)19/h6-7,10,13,20H,8-9,11-12H2,1-5H3/t13-/m0/s1. The number of halogens is 1. The Morgan fingerprint density at radius 3 is 2.62 bits per heavy atom. The van der Waals surface area contributed by atoms with Gasteiger partial charge in [0.15, 0.2) is 0 Å². The lowest BCUT2D eigenvalue weighted by atomic mass is 10.1. The number of carbonyl (C=O) groups excluding carboxylic acids is 1. The first-order chi connectivity index (χ1) is 11.2. The van der Waals surface area contributed by atoms with E-state index in [4.69, 9.17) is 16.3 Å². The first-order valence-corrected chi connectivity index (χ1v) is 8.75. The van der Waals surface area contributed by atoms with Crippen molar-refractivity contribution in [2.45, 2.75) is 45.9 Å². The van der Waals surface area contributed by atoms with Crippen LogP contribution in [0, 0.1) is 0 Å². The number of carbonyl (C=O) groups is 1. The van der Waals surface area contributed by atoms with Crippen LogP contribution in [0.2, 0.25) is 5.02 Å². The average Bonchev–Trinajstić information content (AvgIpc) is 2.47. The molecule has 1 amide bonds. The van der Waals surface area contributed by atoms with E-state index >= 15 is 0 Å². The summed E-state index contributed by atoms with van der Waals surface area (Å²) in [6.07, 6.45) is -0.231. The Kier molecular flexibility index (Phi) is 5.99. The van der Waals surface area contributed by atoms with E-state index in [0.717, 1.165) is 35.9 Å². The van der Waals surface area contributed by atoms with Crippen molar-refractivity contribution < 1.29 is 9.53 Å². The molecular formula is C18H28ClN3O2. The molecule has 24 heavy (non-hydrogen) atoms. The van der Waals surface area contributed by atoms with Crippen LogP contribution in [0.25, 0.3) is 0 Å². The van der Waals surface area contributed by atoms with Crippen LogP contribution in [0.5, 0.6) is 0 Å². The van der Waals surface area contributed by atoms with Crippen molar-refractivity contribution in [2.75, 3.05) is 32.0 Å². The van der Waals surface area contributed by atoms with Gasteiger partial charge < -0.3 is 15.0 Å². The van der Waals surface area contributed by atoms with Crippen molar-refractivity contribution in [1.29, 1.82) is 0 Å². The molecule has 0 spiro atoms. The lowest BCUT2D eigenvalue weighted by molar-refractivity contribution is 0.000563. The molecule has 1 aliphatic rings. The van der Waals surface area contributed by atoms with Gasteiger partial charge in [-0.15, -0.1) is 0 Å². The summed E-state index contributed by atoms with van der Waals surface area (Å²) in [4.78, 5) is 16.4. The van der Waals surface area contributed by atoms with Crippen LogP contribution in [-0.4, -0.2) is 54.2 Å². The molecule has 1 saturated heterocycles. The van der Waals surface area contributed by atoms with E-state index in [0.29, 0.717) is 6.54 Å². The van der Waals surface area contributed by atoms with E-state index in [1.807, 2.05) is 44.9 Å². The summed E-state index contributed by atoms with van der Waals surface area (Å²) in [5, 5.41) is 3.85. The highest BCUT2D eigenvalue weighted by molar-refractivity contribution is 6.31. The second-order valence-electron chi connectivity index (χ2n) is 7.31. The van der Waals surface area contributed by atoms with Gasteiger partial charge in [0.1, 0.15) is 5.60 Å². The van der Waals surface area contributed by atoms with Crippen LogP contribution < -0.4 is 5.32 Å². The Balaban J connectivity index is 1.95. The molecule has 1 N–H and O–H groups in total. The molecule has 0 bridgehead atoms. The van der Waals surface area contributed by atoms with E-state index in [1.165, 1.54) is 0 Å². The highest BCUT2D eigenvalue weighted by atomic mass is 35.5. The third-order valence-corrected chi connectivity index (χ3v) is 4.43. The van der Waals surface area contributed by atoms with Crippen LogP contribution >= 0.6 is 11.6 Å². The van der Waals surface area contributed by atoms with Gasteiger partial charge in [-0.25, -0.2) is 4.79 Å². The van der Waals surface area contributed by atoms with Gasteiger partial charge in [0.2, 0.25) is 0 Å². The summed E-state index contributed by atoms with van der Waals surface area (Å²) in [6.45, 7) is 10.8. The Morgan fingerprint density at radius 2 is 2.08 bits per heavy atom. The summed E-state index contributed by atoms with van der Waals surface area (Å²) >= 11 is 6.36. The van der Waals surface area contributed by atoms with Crippen LogP contribution in [0.15, 0.2) is 18.2 Å². The van der Waals surface area contributed by atoms with Crippen LogP contribution in [0.4, 0.5) is 10.5 Å². The van der Waals surface area contributed by atoms with Gasteiger partial charge in [0, 0.05) is 50.0 Å². The minimum Gasteiger partial charge on any atom is -0.444 e. The van der Waals surface area contributed by atoms with Crippen molar-refractivity contribution in [1.82, 2.24) is 9.80 Å².